The molecule has 1 amide bonds. The van der Waals surface area contributed by atoms with Crippen LogP contribution in [-0.2, 0) is 28.0 Å². The summed E-state index contributed by atoms with van der Waals surface area (Å²) in [6.07, 6.45) is 2.71. The molecule has 26 heavy (non-hydrogen) atoms. The van der Waals surface area contributed by atoms with Gasteiger partial charge < -0.3 is 4.74 Å². The average molecular weight is 352 g/mol. The first-order valence-corrected chi connectivity index (χ1v) is 9.38. The number of hydrogen-bond acceptors (Lipinski definition) is 3. The van der Waals surface area contributed by atoms with Crippen LogP contribution in [0, 0.1) is 0 Å². The molecule has 0 aromatic heterocycles. The lowest BCUT2D eigenvalue weighted by molar-refractivity contribution is -0.132. The van der Waals surface area contributed by atoms with Crippen LogP contribution in [0.3, 0.4) is 0 Å². The van der Waals surface area contributed by atoms with Gasteiger partial charge in [-0.05, 0) is 42.0 Å². The number of amides is 1. The van der Waals surface area contributed by atoms with Gasteiger partial charge in [0.05, 0.1) is 0 Å². The van der Waals surface area contributed by atoms with Crippen LogP contribution >= 0.6 is 0 Å². The molecule has 0 atom stereocenters. The number of carbonyl (C=O) groups excluding carboxylic acids is 1. The first-order chi connectivity index (χ1) is 12.6. The van der Waals surface area contributed by atoms with E-state index in [-0.39, 0.29) is 5.91 Å². The third-order valence-electron chi connectivity index (χ3n) is 5.30. The highest BCUT2D eigenvalue weighted by Crippen LogP contribution is 2.43. The summed E-state index contributed by atoms with van der Waals surface area (Å²) < 4.78 is 6.51. The van der Waals surface area contributed by atoms with Crippen molar-refractivity contribution in [2.45, 2.75) is 38.7 Å². The Hall–Kier alpha value is -2.17. The van der Waals surface area contributed by atoms with E-state index >= 15 is 0 Å². The summed E-state index contributed by atoms with van der Waals surface area (Å²) in [5, 5.41) is 1.65. The second kappa shape index (κ2) is 8.02. The molecule has 0 heterocycles. The highest BCUT2D eigenvalue weighted by Gasteiger charge is 2.40. The summed E-state index contributed by atoms with van der Waals surface area (Å²) in [5.41, 5.74) is 7.57. The van der Waals surface area contributed by atoms with E-state index in [0.717, 1.165) is 12.8 Å². The van der Waals surface area contributed by atoms with Gasteiger partial charge in [0.1, 0.15) is 5.60 Å². The Morgan fingerprint density at radius 1 is 1.08 bits per heavy atom. The van der Waals surface area contributed by atoms with Gasteiger partial charge >= 0.3 is 0 Å². The van der Waals surface area contributed by atoms with E-state index in [4.69, 9.17) is 4.74 Å². The number of fused-ring (bicyclic) bond motifs is 2. The second-order valence-corrected chi connectivity index (χ2v) is 6.72. The fourth-order valence-corrected chi connectivity index (χ4v) is 4.12. The van der Waals surface area contributed by atoms with Gasteiger partial charge in [-0.2, -0.15) is 0 Å². The number of ether oxygens (including phenoxy) is 1. The number of nitrogens with zero attached hydrogens (tertiary/aromatic N) is 1. The number of carbonyl (C=O) groups is 1. The standard InChI is InChI=1S/C22H28N2O2/c1-4-26-22(15-16-24(23-3)17(2)25)20-11-7-5-9-18(20)13-14-19-10-6-8-12-21(19)22/h5-12,23H,4,13-16H2,1-3H3. The SMILES string of the molecule is CCOC1(CCN(NC)C(C)=O)c2ccccc2CCc2ccccc21. The first-order valence-electron chi connectivity index (χ1n) is 9.38. The maximum Gasteiger partial charge on any atom is 0.233 e. The number of rotatable bonds is 6. The van der Waals surface area contributed by atoms with Crippen molar-refractivity contribution in [3.8, 4) is 0 Å². The maximum absolute atomic E-state index is 11.9. The van der Waals surface area contributed by atoms with Crippen LogP contribution < -0.4 is 5.43 Å². The maximum atomic E-state index is 11.9. The molecule has 1 N–H and O–H groups in total. The highest BCUT2D eigenvalue weighted by atomic mass is 16.5. The fourth-order valence-electron chi connectivity index (χ4n) is 4.12. The highest BCUT2D eigenvalue weighted by molar-refractivity contribution is 5.72. The van der Waals surface area contributed by atoms with Gasteiger partial charge in [-0.15, -0.1) is 0 Å². The lowest BCUT2D eigenvalue weighted by Gasteiger charge is -2.37. The van der Waals surface area contributed by atoms with Gasteiger partial charge in [0, 0.05) is 33.5 Å². The molecule has 4 heteroatoms. The van der Waals surface area contributed by atoms with Crippen LogP contribution in [-0.4, -0.2) is 31.1 Å². The van der Waals surface area contributed by atoms with Crippen molar-refractivity contribution in [1.29, 1.82) is 0 Å². The molecule has 0 radical (unpaired) electrons. The van der Waals surface area contributed by atoms with Crippen LogP contribution in [0.1, 0.15) is 42.5 Å². The van der Waals surface area contributed by atoms with Crippen molar-refractivity contribution < 1.29 is 9.53 Å². The first kappa shape index (κ1) is 18.6. The van der Waals surface area contributed by atoms with E-state index in [1.807, 2.05) is 6.92 Å². The Kier molecular flexibility index (Phi) is 5.74. The fraction of sp³-hybridized carbons (Fsp3) is 0.409. The van der Waals surface area contributed by atoms with Gasteiger partial charge in [-0.1, -0.05) is 48.5 Å². The van der Waals surface area contributed by atoms with E-state index < -0.39 is 5.60 Å². The smallest absolute Gasteiger partial charge is 0.233 e. The normalized spacial score (nSPS) is 14.9. The van der Waals surface area contributed by atoms with Crippen LogP contribution in [0.15, 0.2) is 48.5 Å². The van der Waals surface area contributed by atoms with Gasteiger partial charge in [0.25, 0.3) is 0 Å². The Bertz CT molecular complexity index is 725. The average Bonchev–Trinajstić information content (AvgIpc) is 2.79. The topological polar surface area (TPSA) is 41.6 Å². The van der Waals surface area contributed by atoms with Gasteiger partial charge in [-0.25, -0.2) is 5.43 Å². The molecular formula is C22H28N2O2. The number of aryl methyl sites for hydroxylation is 2. The van der Waals surface area contributed by atoms with Crippen LogP contribution in [0.25, 0.3) is 0 Å². The van der Waals surface area contributed by atoms with Crippen LogP contribution in [0.2, 0.25) is 0 Å². The molecular weight excluding hydrogens is 324 g/mol. The molecule has 1 aliphatic carbocycles. The summed E-state index contributed by atoms with van der Waals surface area (Å²) in [6, 6.07) is 17.1. The molecule has 0 bridgehead atoms. The minimum absolute atomic E-state index is 0.00865. The molecule has 3 rings (SSSR count). The molecule has 2 aromatic carbocycles. The zero-order valence-electron chi connectivity index (χ0n) is 15.9. The lowest BCUT2D eigenvalue weighted by Crippen LogP contribution is -2.44. The molecule has 138 valence electrons. The van der Waals surface area contributed by atoms with Crippen molar-refractivity contribution in [1.82, 2.24) is 10.4 Å². The molecule has 0 saturated heterocycles. The summed E-state index contributed by atoms with van der Waals surface area (Å²) in [5.74, 6) is 0.00865. The summed E-state index contributed by atoms with van der Waals surface area (Å²) in [4.78, 5) is 11.9. The third-order valence-corrected chi connectivity index (χ3v) is 5.30. The second-order valence-electron chi connectivity index (χ2n) is 6.72. The zero-order chi connectivity index (χ0) is 18.6. The minimum Gasteiger partial charge on any atom is -0.366 e. The molecule has 0 unspecified atom stereocenters. The monoisotopic (exact) mass is 352 g/mol. The summed E-state index contributed by atoms with van der Waals surface area (Å²) >= 11 is 0. The van der Waals surface area contributed by atoms with Gasteiger partial charge in [-0.3, -0.25) is 9.80 Å². The van der Waals surface area contributed by atoms with E-state index in [2.05, 4.69) is 54.0 Å². The molecule has 0 spiro atoms. The van der Waals surface area contributed by atoms with Crippen LogP contribution in [0.5, 0.6) is 0 Å². The van der Waals surface area contributed by atoms with Crippen molar-refractivity contribution in [3.05, 3.63) is 70.8 Å². The largest absolute Gasteiger partial charge is 0.366 e. The van der Waals surface area contributed by atoms with E-state index in [1.54, 1.807) is 19.0 Å². The Morgan fingerprint density at radius 3 is 2.08 bits per heavy atom. The van der Waals surface area contributed by atoms with Crippen molar-refractivity contribution in [3.63, 3.8) is 0 Å². The molecule has 0 saturated carbocycles. The quantitative estimate of drug-likeness (QED) is 0.810. The Labute approximate surface area is 156 Å². The number of hydrogen-bond donors (Lipinski definition) is 1. The predicted octanol–water partition coefficient (Wildman–Crippen LogP) is 3.44. The number of benzene rings is 2. The Morgan fingerprint density at radius 2 is 1.62 bits per heavy atom. The molecule has 0 aliphatic heterocycles. The van der Waals surface area contributed by atoms with Crippen LogP contribution in [0.4, 0.5) is 0 Å². The molecule has 4 nitrogen and oxygen atoms in total. The van der Waals surface area contributed by atoms with E-state index in [0.29, 0.717) is 19.6 Å². The van der Waals surface area contributed by atoms with Crippen molar-refractivity contribution >= 4 is 5.91 Å². The Balaban J connectivity index is 2.13. The van der Waals surface area contributed by atoms with E-state index in [1.165, 1.54) is 22.3 Å². The van der Waals surface area contributed by atoms with Gasteiger partial charge in [0.2, 0.25) is 5.91 Å². The number of hydrazine groups is 1. The molecule has 1 aliphatic rings. The van der Waals surface area contributed by atoms with Gasteiger partial charge in [0.15, 0.2) is 0 Å². The lowest BCUT2D eigenvalue weighted by atomic mass is 9.80. The zero-order valence-corrected chi connectivity index (χ0v) is 15.9. The minimum atomic E-state index is -0.539. The molecule has 0 fully saturated rings. The summed E-state index contributed by atoms with van der Waals surface area (Å²) in [6.45, 7) is 4.81. The van der Waals surface area contributed by atoms with Crippen molar-refractivity contribution in [2.75, 3.05) is 20.2 Å². The van der Waals surface area contributed by atoms with E-state index in [9.17, 15) is 4.79 Å². The summed E-state index contributed by atoms with van der Waals surface area (Å²) in [7, 11) is 1.78. The molecule has 2 aromatic rings. The predicted molar refractivity (Wildman–Crippen MR) is 104 cm³/mol. The van der Waals surface area contributed by atoms with Crippen molar-refractivity contribution in [2.24, 2.45) is 0 Å². The third kappa shape index (κ3) is 3.39. The number of nitrogens with one attached hydrogen (secondary N) is 1.